The molecule has 1 atom stereocenters. The third kappa shape index (κ3) is 6.86. The third-order valence-electron chi connectivity index (χ3n) is 3.89. The van der Waals surface area contributed by atoms with E-state index in [9.17, 15) is 4.79 Å². The average Bonchev–Trinajstić information content (AvgIpc) is 2.65. The molecule has 0 fully saturated rings. The summed E-state index contributed by atoms with van der Waals surface area (Å²) in [6.07, 6.45) is 5.70. The van der Waals surface area contributed by atoms with Crippen molar-refractivity contribution in [3.8, 4) is 0 Å². The highest BCUT2D eigenvalue weighted by Crippen LogP contribution is 2.32. The van der Waals surface area contributed by atoms with Crippen LogP contribution in [-0.2, 0) is 12.8 Å². The average molecular weight is 427 g/mol. The van der Waals surface area contributed by atoms with E-state index in [0.29, 0.717) is 0 Å². The predicted molar refractivity (Wildman–Crippen MR) is 120 cm³/mol. The molecule has 25 heavy (non-hydrogen) atoms. The standard InChI is InChI=1S/C15H15BrOS.C3H8.2C2H6/c1-2-9-3-5-11-13(7-9)18-14-8-10(16)4-6-12(14)15(11)17;1-3-2;2*1-2/h4,6,8-9H,2-3,5,7H2,1H3;3H2,1-2H3;2*1-2H3. The lowest BCUT2D eigenvalue weighted by molar-refractivity contribution is 0.448. The fraction of sp³-hybridized carbons (Fsp3) is 0.591. The lowest BCUT2D eigenvalue weighted by Crippen LogP contribution is -2.20. The minimum Gasteiger partial charge on any atom is -0.289 e. The van der Waals surface area contributed by atoms with Crippen molar-refractivity contribution in [2.45, 2.75) is 80.6 Å². The van der Waals surface area contributed by atoms with Crippen LogP contribution >= 0.6 is 27.3 Å². The molecule has 2 aromatic rings. The molecule has 0 saturated heterocycles. The summed E-state index contributed by atoms with van der Waals surface area (Å²) in [4.78, 5) is 13.8. The number of halogens is 1. The summed E-state index contributed by atoms with van der Waals surface area (Å²) >= 11 is 5.29. The Morgan fingerprint density at radius 3 is 2.28 bits per heavy atom. The van der Waals surface area contributed by atoms with E-state index < -0.39 is 0 Å². The van der Waals surface area contributed by atoms with Crippen LogP contribution in [0.5, 0.6) is 0 Å². The molecule has 1 unspecified atom stereocenters. The molecule has 0 spiro atoms. The maximum absolute atomic E-state index is 12.5. The third-order valence-corrected chi connectivity index (χ3v) is 5.60. The van der Waals surface area contributed by atoms with Gasteiger partial charge in [0.1, 0.15) is 0 Å². The van der Waals surface area contributed by atoms with Gasteiger partial charge < -0.3 is 0 Å². The molecule has 1 aromatic heterocycles. The lowest BCUT2D eigenvalue weighted by Gasteiger charge is -2.22. The number of hydrogen-bond acceptors (Lipinski definition) is 2. The zero-order valence-corrected chi connectivity index (χ0v) is 19.4. The summed E-state index contributed by atoms with van der Waals surface area (Å²) in [6, 6.07) is 5.97. The molecule has 142 valence electrons. The van der Waals surface area contributed by atoms with Crippen molar-refractivity contribution < 1.29 is 0 Å². The minimum absolute atomic E-state index is 0.265. The van der Waals surface area contributed by atoms with Gasteiger partial charge in [-0.25, -0.2) is 0 Å². The Kier molecular flexibility index (Phi) is 13.2. The maximum atomic E-state index is 12.5. The SMILES string of the molecule is CC.CC.CCC.CCC1CCc2c(sc3cc(Br)ccc3c2=O)C1. The molecule has 1 nitrogen and oxygen atoms in total. The zero-order valence-electron chi connectivity index (χ0n) is 17.0. The predicted octanol–water partition coefficient (Wildman–Crippen LogP) is 8.01. The molecule has 0 saturated carbocycles. The van der Waals surface area contributed by atoms with Crippen LogP contribution in [0.25, 0.3) is 10.1 Å². The van der Waals surface area contributed by atoms with Crippen molar-refractivity contribution in [1.29, 1.82) is 0 Å². The van der Waals surface area contributed by atoms with Gasteiger partial charge in [-0.15, -0.1) is 11.3 Å². The van der Waals surface area contributed by atoms with Crippen LogP contribution in [0.3, 0.4) is 0 Å². The second kappa shape index (κ2) is 13.5. The Morgan fingerprint density at radius 2 is 1.72 bits per heavy atom. The highest BCUT2D eigenvalue weighted by atomic mass is 79.9. The van der Waals surface area contributed by atoms with Crippen LogP contribution in [0, 0.1) is 5.92 Å². The van der Waals surface area contributed by atoms with Crippen LogP contribution in [0.2, 0.25) is 0 Å². The Bertz CT molecular complexity index is 676. The van der Waals surface area contributed by atoms with Gasteiger partial charge in [-0.3, -0.25) is 4.79 Å². The molecular weight excluding hydrogens is 392 g/mol. The van der Waals surface area contributed by atoms with E-state index in [4.69, 9.17) is 0 Å². The molecule has 1 aromatic carbocycles. The summed E-state index contributed by atoms with van der Waals surface area (Å²) in [6.45, 7) is 14.5. The highest BCUT2D eigenvalue weighted by Gasteiger charge is 2.21. The van der Waals surface area contributed by atoms with Gasteiger partial charge in [0.15, 0.2) is 5.43 Å². The summed E-state index contributed by atoms with van der Waals surface area (Å²) in [7, 11) is 0. The molecule has 0 radical (unpaired) electrons. The van der Waals surface area contributed by atoms with Gasteiger partial charge in [0, 0.05) is 25.0 Å². The van der Waals surface area contributed by atoms with Crippen molar-refractivity contribution in [1.82, 2.24) is 0 Å². The smallest absolute Gasteiger partial charge is 0.191 e. The molecule has 1 aliphatic carbocycles. The van der Waals surface area contributed by atoms with Gasteiger partial charge in [0.2, 0.25) is 0 Å². The Balaban J connectivity index is 0.000000728. The molecule has 3 rings (SSSR count). The molecular formula is C22H35BrOS. The van der Waals surface area contributed by atoms with Crippen molar-refractivity contribution in [2.75, 3.05) is 0 Å². The van der Waals surface area contributed by atoms with Crippen LogP contribution < -0.4 is 5.43 Å². The van der Waals surface area contributed by atoms with Gasteiger partial charge in [-0.1, -0.05) is 77.2 Å². The summed E-state index contributed by atoms with van der Waals surface area (Å²) < 4.78 is 2.17. The Hall–Kier alpha value is -0.670. The zero-order chi connectivity index (χ0) is 19.4. The van der Waals surface area contributed by atoms with Gasteiger partial charge in [0.25, 0.3) is 0 Å². The van der Waals surface area contributed by atoms with Crippen molar-refractivity contribution in [2.24, 2.45) is 5.92 Å². The Morgan fingerprint density at radius 1 is 1.12 bits per heavy atom. The van der Waals surface area contributed by atoms with Crippen LogP contribution in [0.15, 0.2) is 27.5 Å². The maximum Gasteiger partial charge on any atom is 0.191 e. The second-order valence-electron chi connectivity index (χ2n) is 5.70. The fourth-order valence-corrected chi connectivity index (χ4v) is 4.60. The van der Waals surface area contributed by atoms with E-state index in [1.807, 2.05) is 39.8 Å². The first-order chi connectivity index (χ1) is 12.1. The fourth-order valence-electron chi connectivity index (χ4n) is 2.73. The van der Waals surface area contributed by atoms with Gasteiger partial charge >= 0.3 is 0 Å². The number of hydrogen-bond donors (Lipinski definition) is 0. The van der Waals surface area contributed by atoms with E-state index in [1.54, 1.807) is 11.3 Å². The Labute approximate surface area is 167 Å². The van der Waals surface area contributed by atoms with E-state index in [2.05, 4.69) is 42.8 Å². The first-order valence-electron chi connectivity index (χ1n) is 9.84. The molecule has 0 amide bonds. The highest BCUT2D eigenvalue weighted by molar-refractivity contribution is 9.10. The normalized spacial score (nSPS) is 14.8. The molecule has 0 bridgehead atoms. The minimum atomic E-state index is 0.265. The first kappa shape index (κ1) is 24.3. The number of fused-ring (bicyclic) bond motifs is 2. The van der Waals surface area contributed by atoms with Gasteiger partial charge in [-0.2, -0.15) is 0 Å². The lowest BCUT2D eigenvalue weighted by atomic mass is 9.87. The van der Waals surface area contributed by atoms with Crippen LogP contribution in [-0.4, -0.2) is 0 Å². The number of rotatable bonds is 1. The van der Waals surface area contributed by atoms with Gasteiger partial charge in [-0.05, 0) is 43.4 Å². The molecule has 0 N–H and O–H groups in total. The quantitative estimate of drug-likeness (QED) is 0.450. The van der Waals surface area contributed by atoms with Crippen molar-refractivity contribution >= 4 is 37.4 Å². The number of benzene rings is 1. The van der Waals surface area contributed by atoms with E-state index in [0.717, 1.165) is 38.9 Å². The van der Waals surface area contributed by atoms with E-state index in [-0.39, 0.29) is 5.43 Å². The van der Waals surface area contributed by atoms with Crippen LogP contribution in [0.1, 0.15) is 78.2 Å². The van der Waals surface area contributed by atoms with Crippen LogP contribution in [0.4, 0.5) is 0 Å². The first-order valence-corrected chi connectivity index (χ1v) is 11.5. The molecule has 0 aliphatic heterocycles. The largest absolute Gasteiger partial charge is 0.289 e. The van der Waals surface area contributed by atoms with Crippen molar-refractivity contribution in [3.05, 3.63) is 43.3 Å². The molecule has 1 aliphatic rings. The summed E-state index contributed by atoms with van der Waals surface area (Å²) in [5.74, 6) is 0.762. The summed E-state index contributed by atoms with van der Waals surface area (Å²) in [5, 5.41) is 0.886. The van der Waals surface area contributed by atoms with E-state index in [1.165, 1.54) is 24.1 Å². The second-order valence-corrected chi connectivity index (χ2v) is 7.75. The molecule has 1 heterocycles. The molecule has 3 heteroatoms. The van der Waals surface area contributed by atoms with E-state index >= 15 is 0 Å². The summed E-state index contributed by atoms with van der Waals surface area (Å²) in [5.41, 5.74) is 1.35. The van der Waals surface area contributed by atoms with Gasteiger partial charge in [0.05, 0.1) is 0 Å². The monoisotopic (exact) mass is 426 g/mol. The topological polar surface area (TPSA) is 17.1 Å². The van der Waals surface area contributed by atoms with Crippen molar-refractivity contribution in [3.63, 3.8) is 0 Å².